The predicted octanol–water partition coefficient (Wildman–Crippen LogP) is 15.0. The molecule has 1 nitrogen and oxygen atoms in total. The fourth-order valence-corrected chi connectivity index (χ4v) is 11.5. The van der Waals surface area contributed by atoms with Crippen molar-refractivity contribution in [1.29, 1.82) is 0 Å². The van der Waals surface area contributed by atoms with Crippen LogP contribution in [-0.2, 0) is 10.8 Å². The van der Waals surface area contributed by atoms with Crippen LogP contribution in [-0.4, -0.2) is 0 Å². The van der Waals surface area contributed by atoms with Gasteiger partial charge in [-0.25, -0.2) is 0 Å². The normalized spacial score (nSPS) is 15.9. The van der Waals surface area contributed by atoms with Crippen molar-refractivity contribution in [2.45, 2.75) is 10.8 Å². The van der Waals surface area contributed by atoms with Gasteiger partial charge in [0.15, 0.2) is 0 Å². The van der Waals surface area contributed by atoms with E-state index < -0.39 is 10.8 Å². The highest BCUT2D eigenvalue weighted by Crippen LogP contribution is 2.62. The summed E-state index contributed by atoms with van der Waals surface area (Å²) in [5, 5.41) is 2.62. The molecule has 13 rings (SSSR count). The Kier molecular flexibility index (Phi) is 7.21. The molecule has 2 aliphatic carbocycles. The molecule has 1 atom stereocenters. The molecular formula is C60H38O. The molecule has 10 aromatic carbocycles. The van der Waals surface area contributed by atoms with Gasteiger partial charge >= 0.3 is 0 Å². The highest BCUT2D eigenvalue weighted by Gasteiger charge is 2.50. The fourth-order valence-electron chi connectivity index (χ4n) is 11.5. The van der Waals surface area contributed by atoms with Crippen LogP contribution in [0.5, 0.6) is 11.5 Å². The van der Waals surface area contributed by atoms with Crippen LogP contribution in [0.1, 0.15) is 44.5 Å². The van der Waals surface area contributed by atoms with E-state index in [1.54, 1.807) is 0 Å². The molecule has 0 amide bonds. The summed E-state index contributed by atoms with van der Waals surface area (Å²) in [6.07, 6.45) is 0. The zero-order valence-corrected chi connectivity index (χ0v) is 33.3. The molecule has 0 radical (unpaired) electrons. The van der Waals surface area contributed by atoms with Gasteiger partial charge in [-0.3, -0.25) is 0 Å². The molecule has 61 heavy (non-hydrogen) atoms. The Morgan fingerprint density at radius 1 is 0.262 bits per heavy atom. The van der Waals surface area contributed by atoms with Gasteiger partial charge in [0.2, 0.25) is 0 Å². The third kappa shape index (κ3) is 4.55. The highest BCUT2D eigenvalue weighted by atomic mass is 16.5. The summed E-state index contributed by atoms with van der Waals surface area (Å²) in [5.41, 5.74) is 18.9. The van der Waals surface area contributed by atoms with Crippen LogP contribution in [0.3, 0.4) is 0 Å². The van der Waals surface area contributed by atoms with Crippen LogP contribution in [0, 0.1) is 0 Å². The van der Waals surface area contributed by atoms with Crippen LogP contribution in [0.15, 0.2) is 231 Å². The quantitative estimate of drug-likeness (QED) is 0.173. The van der Waals surface area contributed by atoms with Gasteiger partial charge in [0.1, 0.15) is 11.5 Å². The van der Waals surface area contributed by atoms with Gasteiger partial charge in [0.25, 0.3) is 0 Å². The molecule has 0 bridgehead atoms. The van der Waals surface area contributed by atoms with Gasteiger partial charge < -0.3 is 4.74 Å². The van der Waals surface area contributed by atoms with Crippen molar-refractivity contribution in [3.8, 4) is 56.0 Å². The zero-order valence-electron chi connectivity index (χ0n) is 33.3. The van der Waals surface area contributed by atoms with E-state index in [1.165, 1.54) is 83.1 Å². The molecular weight excluding hydrogens is 737 g/mol. The van der Waals surface area contributed by atoms with Crippen LogP contribution in [0.4, 0.5) is 0 Å². The molecule has 10 aromatic rings. The van der Waals surface area contributed by atoms with Gasteiger partial charge in [-0.1, -0.05) is 206 Å². The monoisotopic (exact) mass is 774 g/mol. The molecule has 1 heterocycles. The third-order valence-electron chi connectivity index (χ3n) is 13.8. The summed E-state index contributed by atoms with van der Waals surface area (Å²) in [6, 6.07) is 85.3. The van der Waals surface area contributed by atoms with Gasteiger partial charge in [0, 0.05) is 11.1 Å². The number of hydrogen-bond acceptors (Lipinski definition) is 1. The second kappa shape index (κ2) is 12.9. The molecule has 1 aliphatic heterocycles. The summed E-state index contributed by atoms with van der Waals surface area (Å²) < 4.78 is 6.80. The topological polar surface area (TPSA) is 9.23 Å². The standard InChI is InChI=1S/C60H38O/c1-3-19-42(20-4-1)59(43-21-5-2-6-22-43)52-30-13-14-32-56(52)61-57-36-34-41(38-55(57)59)45-24-8-7-23-44(45)40-33-35-48-46-25-9-11-28-50(46)60(54(48)37-40)51-29-12-10-26-47(51)49-27-15-17-39-18-16-31-53(60)58(39)49/h1-38H. The second-order valence-corrected chi connectivity index (χ2v) is 16.6. The van der Waals surface area contributed by atoms with Gasteiger partial charge in [-0.15, -0.1) is 0 Å². The molecule has 1 heteroatoms. The van der Waals surface area contributed by atoms with Crippen molar-refractivity contribution in [2.24, 2.45) is 0 Å². The number of ether oxygens (including phenoxy) is 1. The van der Waals surface area contributed by atoms with E-state index >= 15 is 0 Å². The number of benzene rings is 10. The lowest BCUT2D eigenvalue weighted by atomic mass is 9.61. The summed E-state index contributed by atoms with van der Waals surface area (Å²) >= 11 is 0. The molecule has 0 fully saturated rings. The minimum Gasteiger partial charge on any atom is -0.457 e. The van der Waals surface area contributed by atoms with Gasteiger partial charge in [-0.2, -0.15) is 0 Å². The Hall–Kier alpha value is -7.74. The Bertz CT molecular complexity index is 3350. The summed E-state index contributed by atoms with van der Waals surface area (Å²) in [6.45, 7) is 0. The predicted molar refractivity (Wildman–Crippen MR) is 250 cm³/mol. The number of hydrogen-bond donors (Lipinski definition) is 0. The van der Waals surface area contributed by atoms with Crippen molar-refractivity contribution < 1.29 is 4.74 Å². The number of para-hydroxylation sites is 1. The Morgan fingerprint density at radius 2 is 0.721 bits per heavy atom. The Morgan fingerprint density at radius 3 is 1.39 bits per heavy atom. The average molecular weight is 775 g/mol. The van der Waals surface area contributed by atoms with Crippen LogP contribution in [0.25, 0.3) is 55.3 Å². The molecule has 1 unspecified atom stereocenters. The molecule has 1 spiro atoms. The number of fused-ring (bicyclic) bond motifs is 11. The van der Waals surface area contributed by atoms with Crippen molar-refractivity contribution in [2.75, 3.05) is 0 Å². The minimum absolute atomic E-state index is 0.483. The molecule has 0 N–H and O–H groups in total. The lowest BCUT2D eigenvalue weighted by Gasteiger charge is -2.41. The van der Waals surface area contributed by atoms with Gasteiger partial charge in [-0.05, 0) is 113 Å². The van der Waals surface area contributed by atoms with E-state index in [9.17, 15) is 0 Å². The first-order valence-electron chi connectivity index (χ1n) is 21.3. The average Bonchev–Trinajstić information content (AvgIpc) is 3.62. The smallest absolute Gasteiger partial charge is 0.132 e. The highest BCUT2D eigenvalue weighted by molar-refractivity contribution is 6.07. The molecule has 3 aliphatic rings. The van der Waals surface area contributed by atoms with Crippen molar-refractivity contribution in [3.05, 3.63) is 275 Å². The van der Waals surface area contributed by atoms with E-state index in [0.717, 1.165) is 28.2 Å². The molecule has 0 saturated heterocycles. The summed E-state index contributed by atoms with van der Waals surface area (Å²) in [7, 11) is 0. The van der Waals surface area contributed by atoms with Crippen LogP contribution >= 0.6 is 0 Å². The number of rotatable bonds is 4. The van der Waals surface area contributed by atoms with Crippen molar-refractivity contribution >= 4 is 10.8 Å². The summed E-state index contributed by atoms with van der Waals surface area (Å²) in [5.74, 6) is 1.75. The molecule has 0 saturated carbocycles. The Balaban J connectivity index is 1.05. The van der Waals surface area contributed by atoms with Crippen molar-refractivity contribution in [1.82, 2.24) is 0 Å². The van der Waals surface area contributed by atoms with E-state index in [1.807, 2.05) is 0 Å². The maximum atomic E-state index is 6.80. The third-order valence-corrected chi connectivity index (χ3v) is 13.8. The fraction of sp³-hybridized carbons (Fsp3) is 0.0333. The lowest BCUT2D eigenvalue weighted by Crippen LogP contribution is -2.34. The minimum atomic E-state index is -0.602. The van der Waals surface area contributed by atoms with Crippen LogP contribution < -0.4 is 4.74 Å². The maximum Gasteiger partial charge on any atom is 0.132 e. The molecule has 284 valence electrons. The van der Waals surface area contributed by atoms with E-state index in [-0.39, 0.29) is 0 Å². The zero-order chi connectivity index (χ0) is 40.1. The first-order valence-corrected chi connectivity index (χ1v) is 21.3. The second-order valence-electron chi connectivity index (χ2n) is 16.6. The van der Waals surface area contributed by atoms with E-state index in [2.05, 4.69) is 231 Å². The first kappa shape index (κ1) is 34.2. The van der Waals surface area contributed by atoms with E-state index in [4.69, 9.17) is 4.74 Å². The van der Waals surface area contributed by atoms with Gasteiger partial charge in [0.05, 0.1) is 10.8 Å². The summed E-state index contributed by atoms with van der Waals surface area (Å²) in [4.78, 5) is 0. The Labute approximate surface area is 355 Å². The van der Waals surface area contributed by atoms with E-state index in [0.29, 0.717) is 0 Å². The van der Waals surface area contributed by atoms with Crippen molar-refractivity contribution in [3.63, 3.8) is 0 Å². The largest absolute Gasteiger partial charge is 0.457 e. The van der Waals surface area contributed by atoms with Crippen LogP contribution in [0.2, 0.25) is 0 Å². The maximum absolute atomic E-state index is 6.80. The molecule has 0 aromatic heterocycles. The first-order chi connectivity index (χ1) is 30.3. The SMILES string of the molecule is c1ccc(C2(c3ccccc3)c3ccccc3Oc3ccc(-c4ccccc4-c4ccc5c(c4)C4(c6ccccc6-5)c5ccccc5-c5cccc6cccc4c56)cc32)cc1. The lowest BCUT2D eigenvalue weighted by molar-refractivity contribution is 0.434.